The third-order valence-corrected chi connectivity index (χ3v) is 4.83. The number of nitrogens with zero attached hydrogens (tertiary/aromatic N) is 1. The van der Waals surface area contributed by atoms with Crippen LogP contribution in [0.5, 0.6) is 11.5 Å². The lowest BCUT2D eigenvalue weighted by Crippen LogP contribution is -2.14. The summed E-state index contributed by atoms with van der Waals surface area (Å²) in [5.74, 6) is -0.873. The number of rotatable bonds is 5. The second-order valence-corrected chi connectivity index (χ2v) is 6.96. The first kappa shape index (κ1) is 20.5. The van der Waals surface area contributed by atoms with Crippen molar-refractivity contribution in [1.29, 1.82) is 0 Å². The molecule has 3 aromatic rings. The SMILES string of the molecule is COc1ccnc(C(=O)Nc2ccc(Sc3cccc(C(F)(F)F)c3)cc2)c1O. The van der Waals surface area contributed by atoms with Gasteiger partial charge in [-0.1, -0.05) is 17.8 Å². The molecule has 9 heteroatoms. The molecule has 0 aliphatic rings. The maximum atomic E-state index is 12.8. The molecule has 0 unspecified atom stereocenters. The van der Waals surface area contributed by atoms with Crippen LogP contribution in [0.1, 0.15) is 16.1 Å². The minimum Gasteiger partial charge on any atom is -0.503 e. The molecule has 0 radical (unpaired) electrons. The third kappa shape index (κ3) is 5.00. The van der Waals surface area contributed by atoms with Crippen LogP contribution in [0, 0.1) is 0 Å². The number of alkyl halides is 3. The quantitative estimate of drug-likeness (QED) is 0.592. The highest BCUT2D eigenvalue weighted by molar-refractivity contribution is 7.99. The van der Waals surface area contributed by atoms with E-state index < -0.39 is 17.6 Å². The summed E-state index contributed by atoms with van der Waals surface area (Å²) in [6.45, 7) is 0. The first-order valence-electron chi connectivity index (χ1n) is 8.26. The first-order valence-corrected chi connectivity index (χ1v) is 9.08. The minimum absolute atomic E-state index is 0.123. The maximum absolute atomic E-state index is 12.8. The topological polar surface area (TPSA) is 71.5 Å². The van der Waals surface area contributed by atoms with Gasteiger partial charge in [-0.3, -0.25) is 4.79 Å². The van der Waals surface area contributed by atoms with Crippen LogP contribution in [0.4, 0.5) is 18.9 Å². The van der Waals surface area contributed by atoms with E-state index in [1.165, 1.54) is 37.2 Å². The minimum atomic E-state index is -4.40. The van der Waals surface area contributed by atoms with Gasteiger partial charge in [0.2, 0.25) is 0 Å². The lowest BCUT2D eigenvalue weighted by atomic mass is 10.2. The number of pyridine rings is 1. The summed E-state index contributed by atoms with van der Waals surface area (Å²) in [5.41, 5.74) is -0.462. The number of ether oxygens (including phenoxy) is 1. The highest BCUT2D eigenvalue weighted by Crippen LogP contribution is 2.35. The van der Waals surface area contributed by atoms with Crippen molar-refractivity contribution in [3.63, 3.8) is 0 Å². The van der Waals surface area contributed by atoms with Crippen molar-refractivity contribution in [2.24, 2.45) is 0 Å². The van der Waals surface area contributed by atoms with Crippen molar-refractivity contribution >= 4 is 23.4 Å². The molecule has 0 saturated carbocycles. The summed E-state index contributed by atoms with van der Waals surface area (Å²) in [6, 6.07) is 13.0. The first-order chi connectivity index (χ1) is 13.8. The van der Waals surface area contributed by atoms with Gasteiger partial charge in [0.1, 0.15) is 0 Å². The number of amides is 1. The van der Waals surface area contributed by atoms with Gasteiger partial charge in [0.25, 0.3) is 5.91 Å². The zero-order chi connectivity index (χ0) is 21.0. The number of carbonyl (C=O) groups is 1. The zero-order valence-electron chi connectivity index (χ0n) is 15.0. The highest BCUT2D eigenvalue weighted by atomic mass is 32.2. The van der Waals surface area contributed by atoms with Gasteiger partial charge in [0.05, 0.1) is 12.7 Å². The van der Waals surface area contributed by atoms with Crippen LogP contribution < -0.4 is 10.1 Å². The number of hydrogen-bond donors (Lipinski definition) is 2. The third-order valence-electron chi connectivity index (χ3n) is 3.83. The molecule has 0 aliphatic heterocycles. The fourth-order valence-electron chi connectivity index (χ4n) is 2.44. The van der Waals surface area contributed by atoms with Crippen LogP contribution in [-0.4, -0.2) is 23.1 Å². The van der Waals surface area contributed by atoms with Gasteiger partial charge in [-0.2, -0.15) is 13.2 Å². The van der Waals surface area contributed by atoms with Crippen LogP contribution >= 0.6 is 11.8 Å². The van der Waals surface area contributed by atoms with Crippen LogP contribution in [0.15, 0.2) is 70.6 Å². The summed E-state index contributed by atoms with van der Waals surface area (Å²) in [4.78, 5) is 17.3. The molecule has 1 heterocycles. The lowest BCUT2D eigenvalue weighted by molar-refractivity contribution is -0.137. The van der Waals surface area contributed by atoms with Crippen molar-refractivity contribution in [2.75, 3.05) is 12.4 Å². The van der Waals surface area contributed by atoms with Crippen molar-refractivity contribution in [3.8, 4) is 11.5 Å². The van der Waals surface area contributed by atoms with E-state index >= 15 is 0 Å². The number of halogens is 3. The molecule has 5 nitrogen and oxygen atoms in total. The van der Waals surface area contributed by atoms with Gasteiger partial charge < -0.3 is 15.2 Å². The predicted octanol–water partition coefficient (Wildman–Crippen LogP) is 5.22. The monoisotopic (exact) mass is 420 g/mol. The number of hydrogen-bond acceptors (Lipinski definition) is 5. The fourth-order valence-corrected chi connectivity index (χ4v) is 3.31. The van der Waals surface area contributed by atoms with Crippen LogP contribution in [0.2, 0.25) is 0 Å². The van der Waals surface area contributed by atoms with E-state index in [1.54, 1.807) is 30.3 Å². The smallest absolute Gasteiger partial charge is 0.416 e. The number of benzene rings is 2. The lowest BCUT2D eigenvalue weighted by Gasteiger charge is -2.10. The predicted molar refractivity (Wildman–Crippen MR) is 102 cm³/mol. The van der Waals surface area contributed by atoms with E-state index in [2.05, 4.69) is 10.3 Å². The zero-order valence-corrected chi connectivity index (χ0v) is 15.8. The van der Waals surface area contributed by atoms with Gasteiger partial charge in [0, 0.05) is 27.7 Å². The van der Waals surface area contributed by atoms with E-state index in [9.17, 15) is 23.1 Å². The van der Waals surface area contributed by atoms with E-state index in [1.807, 2.05) is 0 Å². The summed E-state index contributed by atoms with van der Waals surface area (Å²) < 4.78 is 43.4. The second kappa shape index (κ2) is 8.44. The molecule has 2 aromatic carbocycles. The van der Waals surface area contributed by atoms with Crippen molar-refractivity contribution in [3.05, 3.63) is 72.1 Å². The number of aromatic nitrogens is 1. The number of methoxy groups -OCH3 is 1. The van der Waals surface area contributed by atoms with Gasteiger partial charge >= 0.3 is 6.18 Å². The van der Waals surface area contributed by atoms with Crippen LogP contribution in [-0.2, 0) is 6.18 Å². The Morgan fingerprint density at radius 2 is 1.83 bits per heavy atom. The highest BCUT2D eigenvalue weighted by Gasteiger charge is 2.30. The fraction of sp³-hybridized carbons (Fsp3) is 0.100. The molecule has 1 aromatic heterocycles. The van der Waals surface area contributed by atoms with Gasteiger partial charge in [-0.25, -0.2) is 4.98 Å². The summed E-state index contributed by atoms with van der Waals surface area (Å²) in [6.07, 6.45) is -3.06. The molecule has 1 amide bonds. The summed E-state index contributed by atoms with van der Waals surface area (Å²) in [7, 11) is 1.36. The normalized spacial score (nSPS) is 11.2. The molecule has 29 heavy (non-hydrogen) atoms. The number of carbonyl (C=O) groups excluding carboxylic acids is 1. The van der Waals surface area contributed by atoms with E-state index in [-0.39, 0.29) is 17.2 Å². The molecule has 0 bridgehead atoms. The second-order valence-electron chi connectivity index (χ2n) is 5.82. The molecule has 0 aliphatic carbocycles. The van der Waals surface area contributed by atoms with Crippen molar-refractivity contribution in [2.45, 2.75) is 16.0 Å². The van der Waals surface area contributed by atoms with Gasteiger partial charge in [-0.15, -0.1) is 0 Å². The molecule has 3 rings (SSSR count). The van der Waals surface area contributed by atoms with Crippen molar-refractivity contribution in [1.82, 2.24) is 4.98 Å². The Morgan fingerprint density at radius 1 is 1.10 bits per heavy atom. The molecule has 0 spiro atoms. The Morgan fingerprint density at radius 3 is 2.48 bits per heavy atom. The van der Waals surface area contributed by atoms with Crippen molar-refractivity contribution < 1.29 is 27.8 Å². The van der Waals surface area contributed by atoms with E-state index in [0.29, 0.717) is 15.5 Å². The molecule has 0 fully saturated rings. The molecule has 2 N–H and O–H groups in total. The Hall–Kier alpha value is -3.20. The van der Waals surface area contributed by atoms with Crippen LogP contribution in [0.3, 0.4) is 0 Å². The largest absolute Gasteiger partial charge is 0.503 e. The Kier molecular flexibility index (Phi) is 5.97. The number of anilines is 1. The Bertz CT molecular complexity index is 1020. The molecule has 150 valence electrons. The number of aromatic hydroxyl groups is 1. The van der Waals surface area contributed by atoms with E-state index in [0.717, 1.165) is 12.1 Å². The Balaban J connectivity index is 1.70. The van der Waals surface area contributed by atoms with E-state index in [4.69, 9.17) is 4.74 Å². The van der Waals surface area contributed by atoms with Crippen LogP contribution in [0.25, 0.3) is 0 Å². The average Bonchev–Trinajstić information content (AvgIpc) is 2.69. The molecule has 0 atom stereocenters. The van der Waals surface area contributed by atoms with Gasteiger partial charge in [0.15, 0.2) is 17.2 Å². The standard InChI is InChI=1S/C20H15F3N2O3S/c1-28-16-9-10-24-17(18(16)26)19(27)25-13-5-7-14(8-6-13)29-15-4-2-3-12(11-15)20(21,22)23/h2-11,26H,1H3,(H,25,27). The molecular weight excluding hydrogens is 405 g/mol. The van der Waals surface area contributed by atoms with Gasteiger partial charge in [-0.05, 0) is 42.5 Å². The molecular formula is C20H15F3N2O3S. The Labute approximate surface area is 168 Å². The molecule has 0 saturated heterocycles. The number of nitrogens with one attached hydrogen (secondary N) is 1. The maximum Gasteiger partial charge on any atom is 0.416 e. The average molecular weight is 420 g/mol. The summed E-state index contributed by atoms with van der Waals surface area (Å²) >= 11 is 1.17. The summed E-state index contributed by atoms with van der Waals surface area (Å²) in [5, 5.41) is 12.6.